The van der Waals surface area contributed by atoms with Crippen molar-refractivity contribution in [3.63, 3.8) is 0 Å². The lowest BCUT2D eigenvalue weighted by Crippen LogP contribution is -2.38. The van der Waals surface area contributed by atoms with E-state index in [4.69, 9.17) is 11.6 Å². The molecule has 0 spiro atoms. The number of carbonyl (C=O) groups excluding carboxylic acids is 1. The molecule has 4 rings (SSSR count). The van der Waals surface area contributed by atoms with Gasteiger partial charge in [0.2, 0.25) is 0 Å². The Morgan fingerprint density at radius 2 is 2.00 bits per heavy atom. The number of carbonyl (C=O) groups is 1. The maximum absolute atomic E-state index is 12.6. The molecule has 2 aromatic heterocycles. The van der Waals surface area contributed by atoms with E-state index < -0.39 is 6.10 Å². The Morgan fingerprint density at radius 3 is 2.72 bits per heavy atom. The first-order valence-electron chi connectivity index (χ1n) is 7.96. The molecule has 128 valence electrons. The summed E-state index contributed by atoms with van der Waals surface area (Å²) in [6, 6.07) is 14.8. The zero-order chi connectivity index (χ0) is 17.4. The molecule has 0 radical (unpaired) electrons. The van der Waals surface area contributed by atoms with Crippen LogP contribution in [0.2, 0.25) is 4.34 Å². The van der Waals surface area contributed by atoms with E-state index in [1.807, 2.05) is 41.1 Å². The summed E-state index contributed by atoms with van der Waals surface area (Å²) in [5, 5.41) is 15.0. The van der Waals surface area contributed by atoms with Crippen LogP contribution in [0.3, 0.4) is 0 Å². The molecule has 0 saturated carbocycles. The van der Waals surface area contributed by atoms with Gasteiger partial charge in [0.25, 0.3) is 5.91 Å². The number of amides is 1. The van der Waals surface area contributed by atoms with Gasteiger partial charge in [-0.25, -0.2) is 0 Å². The zero-order valence-electron chi connectivity index (χ0n) is 13.3. The molecule has 1 aliphatic heterocycles. The van der Waals surface area contributed by atoms with E-state index in [0.29, 0.717) is 34.5 Å². The monoisotopic (exact) mass is 373 g/mol. The molecule has 1 aliphatic rings. The van der Waals surface area contributed by atoms with Crippen molar-refractivity contribution in [1.82, 2.24) is 14.7 Å². The Hall–Kier alpha value is -2.15. The van der Waals surface area contributed by atoms with Gasteiger partial charge in [-0.3, -0.25) is 9.48 Å². The van der Waals surface area contributed by atoms with Gasteiger partial charge in [-0.2, -0.15) is 5.10 Å². The fourth-order valence-corrected chi connectivity index (χ4v) is 4.00. The molecule has 0 unspecified atom stereocenters. The molecular weight excluding hydrogens is 358 g/mol. The quantitative estimate of drug-likeness (QED) is 0.766. The molecule has 0 aliphatic carbocycles. The molecule has 25 heavy (non-hydrogen) atoms. The fourth-order valence-electron chi connectivity index (χ4n) is 2.99. The molecule has 1 N–H and O–H groups in total. The average molecular weight is 374 g/mol. The predicted molar refractivity (Wildman–Crippen MR) is 96.8 cm³/mol. The van der Waals surface area contributed by atoms with Gasteiger partial charge in [0, 0.05) is 6.54 Å². The minimum Gasteiger partial charge on any atom is -0.382 e. The highest BCUT2D eigenvalue weighted by Crippen LogP contribution is 2.26. The van der Waals surface area contributed by atoms with E-state index in [1.165, 1.54) is 11.3 Å². The minimum atomic E-state index is -0.764. The number of halogens is 1. The third kappa shape index (κ3) is 3.20. The van der Waals surface area contributed by atoms with Gasteiger partial charge in [-0.15, -0.1) is 11.3 Å². The van der Waals surface area contributed by atoms with Crippen LogP contribution in [0.25, 0.3) is 0 Å². The van der Waals surface area contributed by atoms with Crippen LogP contribution in [0, 0.1) is 0 Å². The van der Waals surface area contributed by atoms with Gasteiger partial charge >= 0.3 is 0 Å². The number of thiophene rings is 1. The van der Waals surface area contributed by atoms with Crippen LogP contribution >= 0.6 is 22.9 Å². The van der Waals surface area contributed by atoms with Gasteiger partial charge in [-0.05, 0) is 23.8 Å². The second-order valence-corrected chi connectivity index (χ2v) is 7.64. The lowest BCUT2D eigenvalue weighted by Gasteiger charge is -2.27. The number of aliphatic hydroxyl groups is 1. The second-order valence-electron chi connectivity index (χ2n) is 5.93. The fraction of sp³-hybridized carbons (Fsp3) is 0.222. The first kappa shape index (κ1) is 16.3. The summed E-state index contributed by atoms with van der Waals surface area (Å²) < 4.78 is 2.48. The molecule has 1 amide bonds. The largest absolute Gasteiger partial charge is 0.382 e. The van der Waals surface area contributed by atoms with Crippen molar-refractivity contribution in [2.75, 3.05) is 6.54 Å². The molecule has 1 atom stereocenters. The van der Waals surface area contributed by atoms with Gasteiger partial charge in [0.05, 0.1) is 33.7 Å². The van der Waals surface area contributed by atoms with E-state index in [-0.39, 0.29) is 5.91 Å². The molecule has 5 nitrogen and oxygen atoms in total. The Bertz CT molecular complexity index is 906. The third-order valence-corrected chi connectivity index (χ3v) is 5.50. The first-order valence-corrected chi connectivity index (χ1v) is 9.15. The molecule has 1 aromatic carbocycles. The number of hydrogen-bond acceptors (Lipinski definition) is 4. The minimum absolute atomic E-state index is 0.0190. The first-order chi connectivity index (χ1) is 12.1. The number of fused-ring (bicyclic) bond motifs is 1. The Labute approximate surface area is 154 Å². The number of nitrogens with zero attached hydrogens (tertiary/aromatic N) is 3. The summed E-state index contributed by atoms with van der Waals surface area (Å²) in [6.07, 6.45) is -0.764. The van der Waals surface area contributed by atoms with E-state index in [0.717, 1.165) is 11.3 Å². The molecular formula is C18H16ClN3O2S. The lowest BCUT2D eigenvalue weighted by atomic mass is 10.1. The molecule has 0 fully saturated rings. The van der Waals surface area contributed by atoms with Crippen molar-refractivity contribution >= 4 is 28.8 Å². The summed E-state index contributed by atoms with van der Waals surface area (Å²) >= 11 is 7.22. The summed E-state index contributed by atoms with van der Waals surface area (Å²) in [5.74, 6) is -0.0190. The number of aromatic nitrogens is 2. The standard InChI is InChI=1S/C18H16ClN3O2S/c19-16-7-6-15(25-16)18(24)21-8-9-22-13(11-21)10-14(20-22)17(23)12-4-2-1-3-5-12/h1-7,10,17,23H,8-9,11H2/t17-/m0/s1. The van der Waals surface area contributed by atoms with Crippen molar-refractivity contribution in [3.8, 4) is 0 Å². The Kier molecular flexibility index (Phi) is 4.33. The van der Waals surface area contributed by atoms with Crippen LogP contribution < -0.4 is 0 Å². The van der Waals surface area contributed by atoms with E-state index in [2.05, 4.69) is 5.10 Å². The van der Waals surface area contributed by atoms with Crippen molar-refractivity contribution in [2.45, 2.75) is 19.2 Å². The Balaban J connectivity index is 1.54. The van der Waals surface area contributed by atoms with Crippen LogP contribution in [-0.4, -0.2) is 32.2 Å². The maximum atomic E-state index is 12.6. The van der Waals surface area contributed by atoms with E-state index in [1.54, 1.807) is 17.0 Å². The summed E-state index contributed by atoms with van der Waals surface area (Å²) in [4.78, 5) is 15.0. The van der Waals surface area contributed by atoms with Crippen LogP contribution in [-0.2, 0) is 13.1 Å². The van der Waals surface area contributed by atoms with Crippen LogP contribution in [0.5, 0.6) is 0 Å². The number of hydrogen-bond donors (Lipinski definition) is 1. The highest BCUT2D eigenvalue weighted by molar-refractivity contribution is 7.17. The molecule has 0 bridgehead atoms. The summed E-state index contributed by atoms with van der Waals surface area (Å²) in [6.45, 7) is 1.68. The number of rotatable bonds is 3. The molecule has 7 heteroatoms. The summed E-state index contributed by atoms with van der Waals surface area (Å²) in [5.41, 5.74) is 2.33. The SMILES string of the molecule is O=C(c1ccc(Cl)s1)N1CCn2nc([C@@H](O)c3ccccc3)cc2C1. The topological polar surface area (TPSA) is 58.4 Å². The number of aliphatic hydroxyl groups excluding tert-OH is 1. The van der Waals surface area contributed by atoms with E-state index >= 15 is 0 Å². The smallest absolute Gasteiger partial charge is 0.264 e. The highest BCUT2D eigenvalue weighted by Gasteiger charge is 2.25. The van der Waals surface area contributed by atoms with Crippen molar-refractivity contribution in [3.05, 3.63) is 74.7 Å². The van der Waals surface area contributed by atoms with Gasteiger partial charge < -0.3 is 10.0 Å². The van der Waals surface area contributed by atoms with Crippen LogP contribution in [0.1, 0.15) is 32.7 Å². The van der Waals surface area contributed by atoms with Crippen LogP contribution in [0.4, 0.5) is 0 Å². The number of benzene rings is 1. The zero-order valence-corrected chi connectivity index (χ0v) is 14.9. The highest BCUT2D eigenvalue weighted by atomic mass is 35.5. The van der Waals surface area contributed by atoms with E-state index in [9.17, 15) is 9.90 Å². The van der Waals surface area contributed by atoms with Crippen LogP contribution in [0.15, 0.2) is 48.5 Å². The summed E-state index contributed by atoms with van der Waals surface area (Å²) in [7, 11) is 0. The van der Waals surface area contributed by atoms with Gasteiger partial charge in [0.1, 0.15) is 6.10 Å². The van der Waals surface area contributed by atoms with Crippen molar-refractivity contribution < 1.29 is 9.90 Å². The second kappa shape index (κ2) is 6.63. The van der Waals surface area contributed by atoms with Crippen molar-refractivity contribution in [1.29, 1.82) is 0 Å². The van der Waals surface area contributed by atoms with Gasteiger partial charge in [-0.1, -0.05) is 41.9 Å². The third-order valence-electron chi connectivity index (χ3n) is 4.28. The normalized spacial score (nSPS) is 15.0. The van der Waals surface area contributed by atoms with Gasteiger partial charge in [0.15, 0.2) is 0 Å². The Morgan fingerprint density at radius 1 is 1.20 bits per heavy atom. The van der Waals surface area contributed by atoms with Crippen molar-refractivity contribution in [2.24, 2.45) is 0 Å². The molecule has 0 saturated heterocycles. The predicted octanol–water partition coefficient (Wildman–Crippen LogP) is 3.34. The average Bonchev–Trinajstić information content (AvgIpc) is 3.26. The lowest BCUT2D eigenvalue weighted by molar-refractivity contribution is 0.0711. The molecule has 3 aromatic rings. The maximum Gasteiger partial charge on any atom is 0.264 e. The molecule has 3 heterocycles.